The molecule has 0 saturated carbocycles. The Morgan fingerprint density at radius 3 is 2.55 bits per heavy atom. The average molecular weight is 415 g/mol. The zero-order valence-corrected chi connectivity index (χ0v) is 16.6. The fraction of sp³-hybridized carbons (Fsp3) is 0.190. The first-order chi connectivity index (χ1) is 13.9. The molecule has 0 radical (unpaired) electrons. The molecule has 0 unspecified atom stereocenters. The van der Waals surface area contributed by atoms with E-state index in [4.69, 9.17) is 14.2 Å². The third kappa shape index (κ3) is 5.61. The smallest absolute Gasteiger partial charge is 0.317 e. The van der Waals surface area contributed by atoms with Gasteiger partial charge in [-0.2, -0.15) is 0 Å². The molecule has 0 spiro atoms. The van der Waals surface area contributed by atoms with Crippen LogP contribution in [-0.4, -0.2) is 23.8 Å². The summed E-state index contributed by atoms with van der Waals surface area (Å²) in [7, 11) is 1.43. The Morgan fingerprint density at radius 2 is 1.86 bits per heavy atom. The zero-order valence-electron chi connectivity index (χ0n) is 15.8. The molecule has 8 heteroatoms. The number of thiazole rings is 1. The maximum absolute atomic E-state index is 12.9. The number of hydrogen-bond acceptors (Lipinski definition) is 7. The fourth-order valence-electron chi connectivity index (χ4n) is 2.45. The minimum Gasteiger partial charge on any atom is -0.493 e. The third-order valence-corrected chi connectivity index (χ3v) is 4.77. The summed E-state index contributed by atoms with van der Waals surface area (Å²) in [4.78, 5) is 28.0. The Labute approximate surface area is 170 Å². The van der Waals surface area contributed by atoms with Gasteiger partial charge in [-0.05, 0) is 49.4 Å². The molecule has 3 rings (SSSR count). The second-order valence-corrected chi connectivity index (χ2v) is 6.99. The molecule has 29 heavy (non-hydrogen) atoms. The van der Waals surface area contributed by atoms with E-state index < -0.39 is 5.97 Å². The topological polar surface area (TPSA) is 74.7 Å². The van der Waals surface area contributed by atoms with Gasteiger partial charge in [0.25, 0.3) is 0 Å². The van der Waals surface area contributed by atoms with Crippen LogP contribution in [0.15, 0.2) is 47.8 Å². The number of methoxy groups -OCH3 is 1. The molecule has 150 valence electrons. The van der Waals surface area contributed by atoms with Crippen molar-refractivity contribution in [2.24, 2.45) is 0 Å². The van der Waals surface area contributed by atoms with Crippen LogP contribution in [0.2, 0.25) is 0 Å². The van der Waals surface area contributed by atoms with E-state index in [1.807, 2.05) is 0 Å². The molecule has 0 amide bonds. The van der Waals surface area contributed by atoms with Crippen molar-refractivity contribution in [3.63, 3.8) is 0 Å². The molecule has 0 aliphatic rings. The van der Waals surface area contributed by atoms with Gasteiger partial charge in [-0.3, -0.25) is 9.59 Å². The summed E-state index contributed by atoms with van der Waals surface area (Å²) >= 11 is 1.35. The average Bonchev–Trinajstić information content (AvgIpc) is 3.14. The number of hydrogen-bond donors (Lipinski definition) is 0. The summed E-state index contributed by atoms with van der Waals surface area (Å²) in [5.74, 6) is 0.119. The quantitative estimate of drug-likeness (QED) is 0.312. The standard InChI is InChI=1S/C21H18FNO5S/c1-13(24)14-3-8-18(19(9-14)26-2)28-21(25)10-16-12-29-20(23-16)11-27-17-6-4-15(22)5-7-17/h3-9,12H,10-11H2,1-2H3. The summed E-state index contributed by atoms with van der Waals surface area (Å²) in [5.41, 5.74) is 1.02. The van der Waals surface area contributed by atoms with E-state index in [1.165, 1.54) is 61.8 Å². The van der Waals surface area contributed by atoms with Gasteiger partial charge in [0.2, 0.25) is 0 Å². The minimum absolute atomic E-state index is 0.0232. The van der Waals surface area contributed by atoms with Crippen LogP contribution in [0.4, 0.5) is 4.39 Å². The number of carbonyl (C=O) groups is 2. The predicted octanol–water partition coefficient (Wildman–Crippen LogP) is 4.22. The molecular formula is C21H18FNO5S. The van der Waals surface area contributed by atoms with Gasteiger partial charge < -0.3 is 14.2 Å². The van der Waals surface area contributed by atoms with Gasteiger partial charge >= 0.3 is 5.97 Å². The Balaban J connectivity index is 1.57. The van der Waals surface area contributed by atoms with Gasteiger partial charge in [0.15, 0.2) is 17.3 Å². The highest BCUT2D eigenvalue weighted by molar-refractivity contribution is 7.09. The number of carbonyl (C=O) groups excluding carboxylic acids is 2. The van der Waals surface area contributed by atoms with Gasteiger partial charge in [-0.1, -0.05) is 0 Å². The molecule has 0 saturated heterocycles. The number of ketones is 1. The van der Waals surface area contributed by atoms with Crippen molar-refractivity contribution in [2.75, 3.05) is 7.11 Å². The monoisotopic (exact) mass is 415 g/mol. The van der Waals surface area contributed by atoms with Crippen molar-refractivity contribution in [3.05, 3.63) is 69.9 Å². The van der Waals surface area contributed by atoms with Crippen LogP contribution in [0.3, 0.4) is 0 Å². The van der Waals surface area contributed by atoms with Crippen molar-refractivity contribution in [1.82, 2.24) is 4.98 Å². The number of aromatic nitrogens is 1. The highest BCUT2D eigenvalue weighted by atomic mass is 32.1. The van der Waals surface area contributed by atoms with Crippen LogP contribution in [0.5, 0.6) is 17.2 Å². The first-order valence-electron chi connectivity index (χ1n) is 8.66. The Bertz CT molecular complexity index is 1020. The van der Waals surface area contributed by atoms with E-state index in [9.17, 15) is 14.0 Å². The van der Waals surface area contributed by atoms with Crippen LogP contribution >= 0.6 is 11.3 Å². The summed E-state index contributed by atoms with van der Waals surface area (Å²) in [6, 6.07) is 10.3. The van der Waals surface area contributed by atoms with Crippen molar-refractivity contribution >= 4 is 23.1 Å². The Morgan fingerprint density at radius 1 is 1.10 bits per heavy atom. The van der Waals surface area contributed by atoms with E-state index >= 15 is 0 Å². The first kappa shape index (κ1) is 20.5. The molecule has 0 bridgehead atoms. The van der Waals surface area contributed by atoms with Gasteiger partial charge in [0.1, 0.15) is 23.2 Å². The summed E-state index contributed by atoms with van der Waals surface area (Å²) in [5, 5.41) is 2.43. The molecule has 0 N–H and O–H groups in total. The van der Waals surface area contributed by atoms with Gasteiger partial charge in [0.05, 0.1) is 19.2 Å². The predicted molar refractivity (Wildman–Crippen MR) is 105 cm³/mol. The highest BCUT2D eigenvalue weighted by Gasteiger charge is 2.14. The maximum atomic E-state index is 12.9. The molecule has 0 aliphatic carbocycles. The molecule has 2 aromatic carbocycles. The van der Waals surface area contributed by atoms with Crippen molar-refractivity contribution < 1.29 is 28.2 Å². The molecule has 1 heterocycles. The number of ether oxygens (including phenoxy) is 3. The van der Waals surface area contributed by atoms with Crippen LogP contribution in [-0.2, 0) is 17.8 Å². The number of benzene rings is 2. The second-order valence-electron chi connectivity index (χ2n) is 6.05. The van der Waals surface area contributed by atoms with Crippen LogP contribution < -0.4 is 14.2 Å². The lowest BCUT2D eigenvalue weighted by Gasteiger charge is -2.09. The second kappa shape index (κ2) is 9.29. The maximum Gasteiger partial charge on any atom is 0.317 e. The number of rotatable bonds is 8. The van der Waals surface area contributed by atoms with Crippen LogP contribution in [0.1, 0.15) is 28.0 Å². The molecule has 0 aliphatic heterocycles. The zero-order chi connectivity index (χ0) is 20.8. The molecule has 1 aromatic heterocycles. The summed E-state index contributed by atoms with van der Waals surface area (Å²) < 4.78 is 29.0. The summed E-state index contributed by atoms with van der Waals surface area (Å²) in [6.45, 7) is 1.66. The number of nitrogens with zero attached hydrogens (tertiary/aromatic N) is 1. The minimum atomic E-state index is -0.504. The highest BCUT2D eigenvalue weighted by Crippen LogP contribution is 2.28. The van der Waals surface area contributed by atoms with Crippen molar-refractivity contribution in [2.45, 2.75) is 20.0 Å². The van der Waals surface area contributed by atoms with Gasteiger partial charge in [-0.25, -0.2) is 9.37 Å². The Hall–Kier alpha value is -3.26. The number of halogens is 1. The molecule has 0 atom stereocenters. The van der Waals surface area contributed by atoms with Crippen LogP contribution in [0, 0.1) is 5.82 Å². The van der Waals surface area contributed by atoms with Crippen molar-refractivity contribution in [3.8, 4) is 17.2 Å². The van der Waals surface area contributed by atoms with Gasteiger partial charge in [0, 0.05) is 10.9 Å². The van der Waals surface area contributed by atoms with E-state index in [2.05, 4.69) is 4.98 Å². The van der Waals surface area contributed by atoms with E-state index in [1.54, 1.807) is 11.4 Å². The van der Waals surface area contributed by atoms with E-state index in [0.29, 0.717) is 27.8 Å². The van der Waals surface area contributed by atoms with Crippen LogP contribution in [0.25, 0.3) is 0 Å². The first-order valence-corrected chi connectivity index (χ1v) is 9.54. The Kier molecular flexibility index (Phi) is 6.56. The largest absolute Gasteiger partial charge is 0.493 e. The number of esters is 1. The lowest BCUT2D eigenvalue weighted by Crippen LogP contribution is -2.12. The van der Waals surface area contributed by atoms with E-state index in [0.717, 1.165) is 0 Å². The normalized spacial score (nSPS) is 10.4. The molecule has 0 fully saturated rings. The lowest BCUT2D eigenvalue weighted by molar-refractivity contribution is -0.133. The molecule has 3 aromatic rings. The third-order valence-electron chi connectivity index (χ3n) is 3.89. The van der Waals surface area contributed by atoms with Gasteiger partial charge in [-0.15, -0.1) is 11.3 Å². The van der Waals surface area contributed by atoms with Crippen molar-refractivity contribution in [1.29, 1.82) is 0 Å². The number of Topliss-reactive ketones (excluding diaryl/α,β-unsaturated/α-hetero) is 1. The lowest BCUT2D eigenvalue weighted by atomic mass is 10.1. The summed E-state index contributed by atoms with van der Waals surface area (Å²) in [6.07, 6.45) is -0.0232. The molecule has 6 nitrogen and oxygen atoms in total. The molecular weight excluding hydrogens is 397 g/mol. The van der Waals surface area contributed by atoms with E-state index in [-0.39, 0.29) is 30.4 Å². The SMILES string of the molecule is COc1cc(C(C)=O)ccc1OC(=O)Cc1csc(COc2ccc(F)cc2)n1. The fourth-order valence-corrected chi connectivity index (χ4v) is 3.15.